The topological polar surface area (TPSA) is 60.2 Å². The third-order valence-electron chi connectivity index (χ3n) is 2.27. The molecule has 0 spiro atoms. The zero-order chi connectivity index (χ0) is 13.1. The summed E-state index contributed by atoms with van der Waals surface area (Å²) < 4.78 is 23.6. The summed E-state index contributed by atoms with van der Waals surface area (Å²) in [4.78, 5) is 0. The molecule has 0 bridgehead atoms. The van der Waals surface area contributed by atoms with Gasteiger partial charge in [0, 0.05) is 16.1 Å². The summed E-state index contributed by atoms with van der Waals surface area (Å²) in [5.41, 5.74) is 6.07. The predicted octanol–water partition coefficient (Wildman–Crippen LogP) is 2.65. The fourth-order valence-electron chi connectivity index (χ4n) is 1.33. The highest BCUT2D eigenvalue weighted by Crippen LogP contribution is 2.23. The van der Waals surface area contributed by atoms with Gasteiger partial charge < -0.3 is 5.73 Å². The highest BCUT2D eigenvalue weighted by Gasteiger charge is 2.15. The van der Waals surface area contributed by atoms with Crippen molar-refractivity contribution in [1.29, 1.82) is 0 Å². The largest absolute Gasteiger partial charge is 0.328 e. The molecule has 1 aromatic carbocycles. The van der Waals surface area contributed by atoms with Crippen LogP contribution in [0.4, 0.5) is 0 Å². The fourth-order valence-corrected chi connectivity index (χ4v) is 3.37. The molecule has 3 nitrogen and oxygen atoms in total. The highest BCUT2D eigenvalue weighted by molar-refractivity contribution is 7.90. The lowest BCUT2D eigenvalue weighted by atomic mass is 10.2. The molecule has 0 aliphatic carbocycles. The first-order valence-electron chi connectivity index (χ1n) is 5.20. The van der Waals surface area contributed by atoms with E-state index in [1.165, 1.54) is 0 Å². The number of hydrogen-bond donors (Lipinski definition) is 1. The van der Waals surface area contributed by atoms with E-state index < -0.39 is 9.84 Å². The smallest absolute Gasteiger partial charge is 0.154 e. The van der Waals surface area contributed by atoms with E-state index in [0.29, 0.717) is 22.0 Å². The van der Waals surface area contributed by atoms with E-state index in [2.05, 4.69) is 0 Å². The van der Waals surface area contributed by atoms with E-state index in [4.69, 9.17) is 28.9 Å². The quantitative estimate of drug-likeness (QED) is 0.908. The molecule has 1 unspecified atom stereocenters. The summed E-state index contributed by atoms with van der Waals surface area (Å²) in [5, 5.41) is 0.894. The first-order chi connectivity index (χ1) is 7.80. The van der Waals surface area contributed by atoms with Gasteiger partial charge in [0.05, 0.1) is 11.5 Å². The Kier molecular flexibility index (Phi) is 5.25. The molecule has 0 saturated carbocycles. The Morgan fingerprint density at radius 1 is 1.35 bits per heavy atom. The number of halogens is 2. The standard InChI is InChI=1S/C11H15Cl2NO2S/c1-8(14)4-5-17(15,16)7-9-6-10(12)2-3-11(9)13/h2-3,6,8H,4-5,7,14H2,1H3. The number of rotatable bonds is 5. The molecule has 1 aromatic rings. The van der Waals surface area contributed by atoms with Crippen LogP contribution in [0.25, 0.3) is 0 Å². The Balaban J connectivity index is 2.79. The molecule has 0 heterocycles. The summed E-state index contributed by atoms with van der Waals surface area (Å²) in [6.07, 6.45) is 0.445. The lowest BCUT2D eigenvalue weighted by Gasteiger charge is -2.08. The maximum absolute atomic E-state index is 11.8. The minimum Gasteiger partial charge on any atom is -0.328 e. The van der Waals surface area contributed by atoms with E-state index in [9.17, 15) is 8.42 Å². The van der Waals surface area contributed by atoms with Gasteiger partial charge in [0.1, 0.15) is 0 Å². The van der Waals surface area contributed by atoms with E-state index in [1.54, 1.807) is 25.1 Å². The summed E-state index contributed by atoms with van der Waals surface area (Å²) >= 11 is 11.7. The summed E-state index contributed by atoms with van der Waals surface area (Å²) in [6.45, 7) is 1.78. The Morgan fingerprint density at radius 3 is 2.59 bits per heavy atom. The second kappa shape index (κ2) is 6.05. The third kappa shape index (κ3) is 5.25. The summed E-state index contributed by atoms with van der Waals surface area (Å²) in [7, 11) is -3.19. The van der Waals surface area contributed by atoms with Gasteiger partial charge >= 0.3 is 0 Å². The number of hydrogen-bond acceptors (Lipinski definition) is 3. The average Bonchev–Trinajstić information content (AvgIpc) is 2.20. The molecule has 96 valence electrons. The molecular formula is C11H15Cl2NO2S. The van der Waals surface area contributed by atoms with Gasteiger partial charge in [-0.25, -0.2) is 8.42 Å². The molecule has 0 aromatic heterocycles. The monoisotopic (exact) mass is 295 g/mol. The molecule has 1 rings (SSSR count). The number of benzene rings is 1. The van der Waals surface area contributed by atoms with Crippen molar-refractivity contribution in [3.8, 4) is 0 Å². The normalized spacial score (nSPS) is 13.6. The minimum atomic E-state index is -3.19. The number of sulfone groups is 1. The van der Waals surface area contributed by atoms with Crippen LogP contribution in [0.15, 0.2) is 18.2 Å². The van der Waals surface area contributed by atoms with Crippen molar-refractivity contribution in [2.75, 3.05) is 5.75 Å². The molecule has 1 atom stereocenters. The molecule has 0 fully saturated rings. The fraction of sp³-hybridized carbons (Fsp3) is 0.455. The van der Waals surface area contributed by atoms with Crippen molar-refractivity contribution < 1.29 is 8.42 Å². The van der Waals surface area contributed by atoms with Crippen LogP contribution in [0.3, 0.4) is 0 Å². The predicted molar refractivity (Wildman–Crippen MR) is 72.2 cm³/mol. The van der Waals surface area contributed by atoms with Gasteiger partial charge in [0.15, 0.2) is 9.84 Å². The second-order valence-electron chi connectivity index (χ2n) is 4.09. The van der Waals surface area contributed by atoms with Crippen LogP contribution >= 0.6 is 23.2 Å². The summed E-state index contributed by atoms with van der Waals surface area (Å²) in [5.74, 6) is -0.0351. The van der Waals surface area contributed by atoms with Gasteiger partial charge in [-0.15, -0.1) is 0 Å². The SMILES string of the molecule is CC(N)CCS(=O)(=O)Cc1cc(Cl)ccc1Cl. The van der Waals surface area contributed by atoms with Gasteiger partial charge in [0.2, 0.25) is 0 Å². The van der Waals surface area contributed by atoms with Gasteiger partial charge in [0.25, 0.3) is 0 Å². The minimum absolute atomic E-state index is 0.0630. The van der Waals surface area contributed by atoms with Crippen LogP contribution < -0.4 is 5.73 Å². The van der Waals surface area contributed by atoms with Crippen molar-refractivity contribution in [2.45, 2.75) is 25.1 Å². The summed E-state index contributed by atoms with van der Waals surface area (Å²) in [6, 6.07) is 4.68. The molecule has 0 aliphatic heterocycles. The van der Waals surface area contributed by atoms with Crippen molar-refractivity contribution in [3.63, 3.8) is 0 Å². The molecule has 0 saturated heterocycles. The van der Waals surface area contributed by atoms with Crippen LogP contribution in [-0.4, -0.2) is 20.2 Å². The van der Waals surface area contributed by atoms with Crippen LogP contribution in [0.2, 0.25) is 10.0 Å². The molecule has 0 amide bonds. The number of nitrogens with two attached hydrogens (primary N) is 1. The molecular weight excluding hydrogens is 281 g/mol. The van der Waals surface area contributed by atoms with Gasteiger partial charge in [-0.2, -0.15) is 0 Å². The Hall–Kier alpha value is -0.290. The van der Waals surface area contributed by atoms with Crippen LogP contribution in [0, 0.1) is 0 Å². The average molecular weight is 296 g/mol. The zero-order valence-corrected chi connectivity index (χ0v) is 11.8. The molecule has 17 heavy (non-hydrogen) atoms. The lowest BCUT2D eigenvalue weighted by Crippen LogP contribution is -2.20. The van der Waals surface area contributed by atoms with Crippen molar-refractivity contribution in [2.24, 2.45) is 5.73 Å². The molecule has 0 radical (unpaired) electrons. The van der Waals surface area contributed by atoms with Gasteiger partial charge in [-0.05, 0) is 37.1 Å². The molecule has 2 N–H and O–H groups in total. The Labute approximate surface area is 112 Å². The van der Waals surface area contributed by atoms with E-state index in [0.717, 1.165) is 0 Å². The van der Waals surface area contributed by atoms with E-state index in [-0.39, 0.29) is 17.5 Å². The zero-order valence-electron chi connectivity index (χ0n) is 9.49. The first-order valence-corrected chi connectivity index (χ1v) is 7.78. The van der Waals surface area contributed by atoms with E-state index in [1.807, 2.05) is 0 Å². The van der Waals surface area contributed by atoms with E-state index >= 15 is 0 Å². The van der Waals surface area contributed by atoms with Crippen molar-refractivity contribution in [3.05, 3.63) is 33.8 Å². The second-order valence-corrected chi connectivity index (χ2v) is 7.12. The molecule has 0 aliphatic rings. The van der Waals surface area contributed by atoms with Crippen LogP contribution in [-0.2, 0) is 15.6 Å². The lowest BCUT2D eigenvalue weighted by molar-refractivity contribution is 0.586. The van der Waals surface area contributed by atoms with Crippen LogP contribution in [0.1, 0.15) is 18.9 Å². The van der Waals surface area contributed by atoms with Crippen molar-refractivity contribution >= 4 is 33.0 Å². The maximum atomic E-state index is 11.8. The molecule has 6 heteroatoms. The first kappa shape index (κ1) is 14.8. The van der Waals surface area contributed by atoms with Gasteiger partial charge in [-0.1, -0.05) is 23.2 Å². The van der Waals surface area contributed by atoms with Crippen LogP contribution in [0.5, 0.6) is 0 Å². The highest BCUT2D eigenvalue weighted by atomic mass is 35.5. The maximum Gasteiger partial charge on any atom is 0.154 e. The third-order valence-corrected chi connectivity index (χ3v) is 4.48. The van der Waals surface area contributed by atoms with Crippen molar-refractivity contribution in [1.82, 2.24) is 0 Å². The van der Waals surface area contributed by atoms with Gasteiger partial charge in [-0.3, -0.25) is 0 Å². The Morgan fingerprint density at radius 2 is 2.00 bits per heavy atom. The Bertz CT molecular complexity index is 486.